The van der Waals surface area contributed by atoms with Gasteiger partial charge in [-0.25, -0.2) is 0 Å². The van der Waals surface area contributed by atoms with Crippen molar-refractivity contribution in [3.8, 4) is 5.75 Å². The molecule has 178 valence electrons. The molecule has 6 nitrogen and oxygen atoms in total. The molecule has 2 aromatic rings. The maximum atomic E-state index is 11.7. The van der Waals surface area contributed by atoms with Crippen molar-refractivity contribution in [1.82, 2.24) is 10.3 Å². The van der Waals surface area contributed by atoms with Crippen LogP contribution >= 0.6 is 11.8 Å². The zero-order valence-corrected chi connectivity index (χ0v) is 22.0. The van der Waals surface area contributed by atoms with Crippen molar-refractivity contribution in [3.05, 3.63) is 59.4 Å². The molecule has 1 saturated heterocycles. The van der Waals surface area contributed by atoms with Gasteiger partial charge in [0.25, 0.3) is 5.24 Å². The fourth-order valence-electron chi connectivity index (χ4n) is 3.13. The lowest BCUT2D eigenvalue weighted by Gasteiger charge is -2.36. The summed E-state index contributed by atoms with van der Waals surface area (Å²) in [6.45, 7) is 12.6. The molecule has 0 aliphatic carbocycles. The largest absolute Gasteiger partial charge is 0.493 e. The summed E-state index contributed by atoms with van der Waals surface area (Å²) >= 11 is 1.05. The Labute approximate surface area is 202 Å². The van der Waals surface area contributed by atoms with E-state index in [1.54, 1.807) is 0 Å². The molecule has 1 aromatic carbocycles. The Morgan fingerprint density at radius 3 is 2.27 bits per heavy atom. The molecule has 1 fully saturated rings. The van der Waals surface area contributed by atoms with Crippen LogP contribution in [0.25, 0.3) is 0 Å². The van der Waals surface area contributed by atoms with Gasteiger partial charge < -0.3 is 9.16 Å². The molecular formula is C25H34N2O4SSi. The second-order valence-electron chi connectivity index (χ2n) is 9.85. The van der Waals surface area contributed by atoms with Crippen LogP contribution in [0.1, 0.15) is 37.6 Å². The molecule has 1 unspecified atom stereocenters. The summed E-state index contributed by atoms with van der Waals surface area (Å²) in [5.41, 5.74) is 3.18. The average Bonchev–Trinajstić information content (AvgIpc) is 3.06. The van der Waals surface area contributed by atoms with Gasteiger partial charge in [-0.2, -0.15) is 0 Å². The van der Waals surface area contributed by atoms with Crippen LogP contribution in [0.5, 0.6) is 5.75 Å². The van der Waals surface area contributed by atoms with Crippen molar-refractivity contribution in [1.29, 1.82) is 0 Å². The topological polar surface area (TPSA) is 77.5 Å². The monoisotopic (exact) mass is 486 g/mol. The lowest BCUT2D eigenvalue weighted by molar-refractivity contribution is -0.118. The summed E-state index contributed by atoms with van der Waals surface area (Å²) in [6.07, 6.45) is 4.06. The zero-order chi connectivity index (χ0) is 24.1. The van der Waals surface area contributed by atoms with Gasteiger partial charge in [0.2, 0.25) is 5.91 Å². The number of benzene rings is 1. The van der Waals surface area contributed by atoms with Crippen LogP contribution in [0.4, 0.5) is 4.79 Å². The van der Waals surface area contributed by atoms with Gasteiger partial charge in [0.15, 0.2) is 8.32 Å². The number of rotatable bonds is 10. The predicted molar refractivity (Wildman–Crippen MR) is 135 cm³/mol. The number of carbonyl (C=O) groups is 2. The smallest absolute Gasteiger partial charge is 0.286 e. The van der Waals surface area contributed by atoms with Gasteiger partial charge in [-0.15, -0.1) is 0 Å². The number of carbonyl (C=O) groups excluding carboxylic acids is 2. The average molecular weight is 487 g/mol. The third-order valence-electron chi connectivity index (χ3n) is 6.28. The Bertz CT molecular complexity index is 956. The van der Waals surface area contributed by atoms with Crippen LogP contribution in [0.2, 0.25) is 18.1 Å². The molecule has 1 atom stereocenters. The first-order valence-electron chi connectivity index (χ1n) is 11.3. The summed E-state index contributed by atoms with van der Waals surface area (Å²) in [4.78, 5) is 27.5. The highest BCUT2D eigenvalue weighted by Gasteiger charge is 2.36. The molecule has 0 saturated carbocycles. The number of imide groups is 1. The summed E-state index contributed by atoms with van der Waals surface area (Å²) in [6, 6.07) is 11.8. The van der Waals surface area contributed by atoms with E-state index in [2.05, 4.69) is 56.3 Å². The van der Waals surface area contributed by atoms with E-state index in [4.69, 9.17) is 9.16 Å². The van der Waals surface area contributed by atoms with Crippen molar-refractivity contribution in [3.63, 3.8) is 0 Å². The molecule has 1 aliphatic rings. The fourth-order valence-corrected chi connectivity index (χ4v) is 5.03. The molecule has 3 rings (SSSR count). The normalized spacial score (nSPS) is 16.7. The molecule has 0 bridgehead atoms. The van der Waals surface area contributed by atoms with Crippen molar-refractivity contribution in [2.45, 2.75) is 63.4 Å². The number of hydrogen-bond donors (Lipinski definition) is 1. The van der Waals surface area contributed by atoms with E-state index in [0.717, 1.165) is 48.2 Å². The van der Waals surface area contributed by atoms with Crippen LogP contribution in [-0.4, -0.2) is 42.9 Å². The van der Waals surface area contributed by atoms with E-state index in [1.807, 2.05) is 30.5 Å². The summed E-state index contributed by atoms with van der Waals surface area (Å²) in [7, 11) is -1.71. The molecule has 1 N–H and O–H groups in total. The van der Waals surface area contributed by atoms with Crippen LogP contribution in [-0.2, 0) is 28.5 Å². The second kappa shape index (κ2) is 10.8. The Morgan fingerprint density at radius 2 is 1.70 bits per heavy atom. The highest BCUT2D eigenvalue weighted by Crippen LogP contribution is 2.36. The van der Waals surface area contributed by atoms with E-state index in [-0.39, 0.29) is 21.4 Å². The van der Waals surface area contributed by atoms with E-state index in [9.17, 15) is 9.59 Å². The van der Waals surface area contributed by atoms with Gasteiger partial charge >= 0.3 is 0 Å². The molecular weight excluding hydrogens is 452 g/mol. The molecule has 8 heteroatoms. The van der Waals surface area contributed by atoms with E-state index >= 15 is 0 Å². The van der Waals surface area contributed by atoms with Gasteiger partial charge in [-0.05, 0) is 60.3 Å². The lowest BCUT2D eigenvalue weighted by atomic mass is 10.1. The number of nitrogens with one attached hydrogen (secondary N) is 1. The fraction of sp³-hybridized carbons (Fsp3) is 0.480. The van der Waals surface area contributed by atoms with E-state index in [1.165, 1.54) is 5.56 Å². The summed E-state index contributed by atoms with van der Waals surface area (Å²) in [5, 5.41) is 1.92. The van der Waals surface area contributed by atoms with Crippen LogP contribution in [0.3, 0.4) is 0 Å². The Hall–Kier alpha value is -2.16. The SMILES string of the molecule is CC(C)(C)[Si](C)(C)OCCc1ccc(CCOc2ccc(CC3SC(=O)NC3=O)cc2)nc1. The third kappa shape index (κ3) is 7.42. The van der Waals surface area contributed by atoms with Gasteiger partial charge in [-0.3, -0.25) is 19.9 Å². The second-order valence-corrected chi connectivity index (χ2v) is 15.8. The van der Waals surface area contributed by atoms with Gasteiger partial charge in [0.05, 0.1) is 11.9 Å². The molecule has 2 amide bonds. The minimum absolute atomic E-state index is 0.216. The maximum Gasteiger partial charge on any atom is 0.286 e. The standard InChI is InChI=1S/C25H34N2O4SSi/c1-25(2,3)33(4,5)31-15-12-19-6-9-20(26-17-19)13-14-30-21-10-7-18(8-11-21)16-22-23(28)27-24(29)32-22/h6-11,17,22H,12-16H2,1-5H3,(H,27,28,29). The van der Waals surface area contributed by atoms with Crippen molar-refractivity contribution in [2.24, 2.45) is 0 Å². The van der Waals surface area contributed by atoms with Gasteiger partial charge in [0, 0.05) is 24.9 Å². The first kappa shape index (κ1) is 25.5. The number of aromatic nitrogens is 1. The first-order chi connectivity index (χ1) is 15.5. The quantitative estimate of drug-likeness (QED) is 0.467. The minimum Gasteiger partial charge on any atom is -0.493 e. The Balaban J connectivity index is 1.39. The Kier molecular flexibility index (Phi) is 8.36. The highest BCUT2D eigenvalue weighted by atomic mass is 32.2. The molecule has 1 aliphatic heterocycles. The molecule has 1 aromatic heterocycles. The van der Waals surface area contributed by atoms with Crippen molar-refractivity contribution in [2.75, 3.05) is 13.2 Å². The van der Waals surface area contributed by atoms with E-state index < -0.39 is 8.32 Å². The van der Waals surface area contributed by atoms with Gasteiger partial charge in [0.1, 0.15) is 5.75 Å². The minimum atomic E-state index is -1.71. The predicted octanol–water partition coefficient (Wildman–Crippen LogP) is 5.16. The number of amides is 2. The van der Waals surface area contributed by atoms with Crippen molar-refractivity contribution >= 4 is 31.2 Å². The summed E-state index contributed by atoms with van der Waals surface area (Å²) in [5.74, 6) is 0.560. The molecule has 0 spiro atoms. The van der Waals surface area contributed by atoms with E-state index in [0.29, 0.717) is 13.0 Å². The molecule has 33 heavy (non-hydrogen) atoms. The molecule has 2 heterocycles. The number of pyridine rings is 1. The third-order valence-corrected chi connectivity index (χ3v) is 11.8. The van der Waals surface area contributed by atoms with Gasteiger partial charge in [-0.1, -0.05) is 50.7 Å². The highest BCUT2D eigenvalue weighted by molar-refractivity contribution is 8.15. The number of nitrogens with zero attached hydrogens (tertiary/aromatic N) is 1. The van der Waals surface area contributed by atoms with Crippen LogP contribution in [0, 0.1) is 0 Å². The number of thioether (sulfide) groups is 1. The molecule has 0 radical (unpaired) electrons. The van der Waals surface area contributed by atoms with Crippen molar-refractivity contribution < 1.29 is 18.8 Å². The number of hydrogen-bond acceptors (Lipinski definition) is 6. The summed E-state index contributed by atoms with van der Waals surface area (Å²) < 4.78 is 12.1. The van der Waals surface area contributed by atoms with Crippen LogP contribution < -0.4 is 10.1 Å². The lowest BCUT2D eigenvalue weighted by Crippen LogP contribution is -2.41. The van der Waals surface area contributed by atoms with Crippen LogP contribution in [0.15, 0.2) is 42.6 Å². The maximum absolute atomic E-state index is 11.7. The first-order valence-corrected chi connectivity index (χ1v) is 15.1. The Morgan fingerprint density at radius 1 is 1.00 bits per heavy atom. The number of ether oxygens (including phenoxy) is 1. The zero-order valence-electron chi connectivity index (χ0n) is 20.1.